The highest BCUT2D eigenvalue weighted by atomic mass is 32.2. The van der Waals surface area contributed by atoms with Gasteiger partial charge in [-0.15, -0.1) is 0 Å². The van der Waals surface area contributed by atoms with Crippen LogP contribution in [0.1, 0.15) is 389 Å². The average Bonchev–Trinajstić information content (AvgIpc) is 0.777. The fourth-order valence-electron chi connectivity index (χ4n) is 22.1. The lowest BCUT2D eigenvalue weighted by Gasteiger charge is -2.43. The van der Waals surface area contributed by atoms with Crippen molar-refractivity contribution in [3.05, 3.63) is 83.5 Å². The molecule has 0 bridgehead atoms. The predicted molar refractivity (Wildman–Crippen MR) is 605 cm³/mol. The van der Waals surface area contributed by atoms with Gasteiger partial charge in [0.05, 0.1) is 25.4 Å². The molecule has 852 valence electrons. The van der Waals surface area contributed by atoms with Gasteiger partial charge < -0.3 is 30.3 Å². The SMILES string of the molecule is CC.CC(C)(C)OC(=O)CC1CC(C(C)(C)C)C1.CC(C)C1(C)CCN(Cc2cncnc2)CC1.CC(C)C1(C)CCNCC1.CC(C)C1CC(N)C1.CC(C)C1CCN(Cc2cccc(C(F)(F)F)n2)CC1.CC(C)C1CCN(Cc2ccnc(C#N)c2)CC1.CC(C)[C@@H]1CCCN(C(=O)C2(C#N)CCC2)C1.CC(C)[C@@H]1CCCN(C(=O)C2CCC2)C1.CC1CCN(CS(C)(=O)=O)CC1.COC(=O)CN1CCC(C(C)C)CC1. The van der Waals surface area contributed by atoms with Crippen molar-refractivity contribution < 1.29 is 50.2 Å². The van der Waals surface area contributed by atoms with Crippen molar-refractivity contribution in [2.75, 3.05) is 131 Å². The third-order valence-electron chi connectivity index (χ3n) is 35.2. The van der Waals surface area contributed by atoms with E-state index in [-0.39, 0.29) is 29.3 Å². The van der Waals surface area contributed by atoms with Crippen LogP contribution in [0.5, 0.6) is 0 Å². The fraction of sp³-hybridized carbons (Fsp3) is 0.836. The number of nitriles is 2. The van der Waals surface area contributed by atoms with E-state index in [1.807, 2.05) is 68.9 Å². The van der Waals surface area contributed by atoms with E-state index >= 15 is 0 Å². The van der Waals surface area contributed by atoms with Crippen LogP contribution in [0.3, 0.4) is 0 Å². The highest BCUT2D eigenvalue weighted by molar-refractivity contribution is 7.90. The molecule has 149 heavy (non-hydrogen) atoms. The molecule has 11 heterocycles. The number of ether oxygens (including phenoxy) is 2. The number of alkyl halides is 3. The molecule has 4 saturated carbocycles. The normalized spacial score (nSPS) is 23.2. The van der Waals surface area contributed by atoms with Gasteiger partial charge in [0.1, 0.15) is 40.7 Å². The maximum atomic E-state index is 12.6. The monoisotopic (exact) mass is 2110 g/mol. The van der Waals surface area contributed by atoms with Gasteiger partial charge in [-0.2, -0.15) is 23.7 Å². The average molecular weight is 2110 g/mol. The van der Waals surface area contributed by atoms with E-state index in [0.717, 1.165) is 226 Å². The number of carbonyl (C=O) groups is 4. The first-order valence-electron chi connectivity index (χ1n) is 58.6. The molecule has 2 atom stereocenters. The topological polar surface area (TPSA) is 281 Å². The molecule has 15 rings (SSSR count). The summed E-state index contributed by atoms with van der Waals surface area (Å²) in [7, 11) is -1.37. The van der Waals surface area contributed by atoms with Crippen LogP contribution < -0.4 is 11.1 Å². The summed E-state index contributed by atoms with van der Waals surface area (Å²) < 4.78 is 69.7. The number of pyridine rings is 2. The van der Waals surface area contributed by atoms with Crippen LogP contribution in [0.25, 0.3) is 0 Å². The lowest BCUT2D eigenvalue weighted by Crippen LogP contribution is -2.51. The predicted octanol–water partition coefficient (Wildman–Crippen LogP) is 25.3. The molecule has 3 aromatic heterocycles. The Balaban J connectivity index is 0.000000292. The van der Waals surface area contributed by atoms with Gasteiger partial charge in [0, 0.05) is 94.6 Å². The van der Waals surface area contributed by atoms with Gasteiger partial charge in [0.15, 0.2) is 9.84 Å². The summed E-state index contributed by atoms with van der Waals surface area (Å²) in [6.45, 7) is 79.9. The fourth-order valence-corrected chi connectivity index (χ4v) is 23.0. The molecule has 0 unspecified atom stereocenters. The van der Waals surface area contributed by atoms with Crippen LogP contribution in [-0.2, 0) is 64.3 Å². The second-order valence-corrected chi connectivity index (χ2v) is 53.6. The number of methoxy groups -OCH3 is 1. The number of nitrogens with zero attached hydrogens (tertiary/aromatic N) is 13. The van der Waals surface area contributed by atoms with Gasteiger partial charge in [-0.05, 0) is 407 Å². The summed E-state index contributed by atoms with van der Waals surface area (Å²) in [5.74, 6) is 14.0. The summed E-state index contributed by atoms with van der Waals surface area (Å²) in [6.07, 6.45) is 35.4. The van der Waals surface area contributed by atoms with E-state index in [9.17, 15) is 46.0 Å². The zero-order chi connectivity index (χ0) is 111. The second kappa shape index (κ2) is 65.7. The number of piperidine rings is 8. The molecule has 23 nitrogen and oxygen atoms in total. The number of halogens is 3. The lowest BCUT2D eigenvalue weighted by molar-refractivity contribution is -0.157. The molecule has 3 N–H and O–H groups in total. The molecule has 4 aliphatic carbocycles. The Morgan fingerprint density at radius 3 is 1.40 bits per heavy atom. The number of likely N-dealkylation sites (tertiary alicyclic amines) is 7. The molecule has 12 aliphatic rings. The van der Waals surface area contributed by atoms with E-state index in [1.165, 1.54) is 173 Å². The number of rotatable bonds is 22. The number of hydrogen-bond acceptors (Lipinski definition) is 21. The lowest BCUT2D eigenvalue weighted by atomic mass is 9.62. The van der Waals surface area contributed by atoms with E-state index in [4.69, 9.17) is 15.7 Å². The number of carbonyl (C=O) groups excluding carboxylic acids is 4. The number of nitrogens with one attached hydrogen (secondary N) is 1. The van der Waals surface area contributed by atoms with E-state index < -0.39 is 27.1 Å². The zero-order valence-corrected chi connectivity index (χ0v) is 100. The quantitative estimate of drug-likeness (QED) is 0.0884. The van der Waals surface area contributed by atoms with E-state index in [1.54, 1.807) is 18.6 Å². The van der Waals surface area contributed by atoms with Crippen LogP contribution in [0, 0.1) is 151 Å². The zero-order valence-electron chi connectivity index (χ0n) is 99.3. The van der Waals surface area contributed by atoms with Crippen LogP contribution in [0.2, 0.25) is 0 Å². The third kappa shape index (κ3) is 49.4. The highest BCUT2D eigenvalue weighted by Crippen LogP contribution is 2.48. The summed E-state index contributed by atoms with van der Waals surface area (Å²) in [5.41, 5.74) is 8.79. The number of amides is 2. The van der Waals surface area contributed by atoms with Gasteiger partial charge in [-0.1, -0.05) is 179 Å². The Morgan fingerprint density at radius 2 is 0.993 bits per heavy atom. The molecule has 0 radical (unpaired) electrons. The third-order valence-corrected chi connectivity index (χ3v) is 36.0. The van der Waals surface area contributed by atoms with Gasteiger partial charge in [-0.25, -0.2) is 28.4 Å². The molecule has 0 aromatic carbocycles. The van der Waals surface area contributed by atoms with Crippen molar-refractivity contribution >= 4 is 33.6 Å². The van der Waals surface area contributed by atoms with Crippen molar-refractivity contribution in [1.82, 2.24) is 59.6 Å². The Morgan fingerprint density at radius 1 is 0.537 bits per heavy atom. The Labute approximate surface area is 906 Å². The van der Waals surface area contributed by atoms with Crippen molar-refractivity contribution in [2.24, 2.45) is 134 Å². The minimum absolute atomic E-state index is 0.0372. The molecule has 8 aliphatic heterocycles. The van der Waals surface area contributed by atoms with Crippen molar-refractivity contribution in [3.63, 3.8) is 0 Å². The smallest absolute Gasteiger partial charge is 0.433 e. The summed E-state index contributed by atoms with van der Waals surface area (Å²) in [4.78, 5) is 78.5. The van der Waals surface area contributed by atoms with Crippen LogP contribution in [0.4, 0.5) is 13.2 Å². The Kier molecular flexibility index (Phi) is 58.7. The van der Waals surface area contributed by atoms with Crippen LogP contribution in [0.15, 0.2) is 55.2 Å². The molecule has 0 spiro atoms. The maximum Gasteiger partial charge on any atom is 0.433 e. The van der Waals surface area contributed by atoms with Crippen molar-refractivity contribution in [1.29, 1.82) is 10.5 Å². The first-order chi connectivity index (χ1) is 69.9. The Hall–Kier alpha value is -6.30. The largest absolute Gasteiger partial charge is 0.468 e. The molecule has 27 heteroatoms. The summed E-state index contributed by atoms with van der Waals surface area (Å²) >= 11 is 0. The Bertz CT molecular complexity index is 4420. The number of sulfone groups is 1. The number of nitrogens with two attached hydrogens (primary N) is 1. The van der Waals surface area contributed by atoms with Gasteiger partial charge >= 0.3 is 18.1 Å². The highest BCUT2D eigenvalue weighted by Gasteiger charge is 2.48. The molecule has 3 aromatic rings. The van der Waals surface area contributed by atoms with E-state index in [0.29, 0.717) is 88.7 Å². The minimum atomic E-state index is -4.36. The molecular weight excluding hydrogens is 1890 g/mol. The summed E-state index contributed by atoms with van der Waals surface area (Å²) in [5, 5.41) is 21.4. The van der Waals surface area contributed by atoms with Gasteiger partial charge in [0.25, 0.3) is 0 Å². The number of aromatic nitrogens is 4. The molecule has 8 saturated heterocycles. The molecule has 12 fully saturated rings. The molecule has 2 amide bonds. The van der Waals surface area contributed by atoms with Crippen molar-refractivity contribution in [2.45, 2.75) is 398 Å². The van der Waals surface area contributed by atoms with Gasteiger partial charge in [-0.3, -0.25) is 43.7 Å². The van der Waals surface area contributed by atoms with Crippen LogP contribution in [-0.4, -0.2) is 229 Å². The maximum absolute atomic E-state index is 12.6. The van der Waals surface area contributed by atoms with Gasteiger partial charge in [0.2, 0.25) is 11.8 Å². The van der Waals surface area contributed by atoms with Crippen molar-refractivity contribution in [3.8, 4) is 12.1 Å². The summed E-state index contributed by atoms with van der Waals surface area (Å²) in [6, 6.07) is 12.9. The standard InChI is InChI=1S/C15H21F3N2.C15H21N3.C14H23N3.C14H22N2O.C14H26O2.C13H23NO.C11H21NO2.C9H19N.C8H17NO2S.C7H15N.C2H6/c1-11(2)12-6-8-20(9-7-12)10-13-4-3-5-14(19-13)15(16,17)18;1-12(2)14-4-7-18(8-5-14)11-13-3-6-17-15(9-13)10-16;1-12(2)14(3)4-6-17(7-5-14)10-13-8-15-11-16-9-13;1-11(2)12-5-3-8-16(9-12)13(17)14(10-15)6-4-7-14;1-13(2,3)11-7-10(8-11)9-12(15)16-14(4,5)6;1-10(2)12-7-4-8-14(9-12)13(15)11-5-3-6-11;1-9(2)10-4-6-12(7-5-10)8-11(13)14-3;1-8(2)9(3)4-6-10-7-5-9;1-8-3-5-9(6-4-8)7-12(2,10)11;1-5(2)6-3-7(8)4-6;1-2/h3-5,11-12H,6-10H2,1-2H3;3,6,9,12,14H,4-5,7-8,11H2,1-2H3;8-9,11-12H,4-7,10H2,1-3H3;11-12H,3-9H2,1-2H3;10-11H,7-9H2,1-6H3;10-12H,3-9H2,1-2H3;9-10H,4-8H2,1-3H3;8,10H,4-7H2,1-3H3;8H,3-7H2,1-2H3;5-7H,3-4,8H2,1-2H3;1-2H3/t;;;12-;;12-;;;;;/m...1.1...../s1. The number of hydrogen-bond donors (Lipinski definition) is 2. The van der Waals surface area contributed by atoms with E-state index in [2.05, 4.69) is 219 Å². The number of esters is 2. The molecular formula is C122H214F3N15O8S. The second-order valence-electron chi connectivity index (χ2n) is 51.5. The van der Waals surface area contributed by atoms with Crippen LogP contribution >= 0.6 is 0 Å². The first kappa shape index (κ1) is 133. The minimum Gasteiger partial charge on any atom is -0.468 e. The first-order valence-corrected chi connectivity index (χ1v) is 60.7.